The smallest absolute Gasteiger partial charge is 0.0962 e. The van der Waals surface area contributed by atoms with Gasteiger partial charge in [0.15, 0.2) is 0 Å². The SMILES string of the molecule is CC(O)CN1c2cccc3cccc(c23)NC1C. The van der Waals surface area contributed by atoms with Crippen molar-refractivity contribution in [3.05, 3.63) is 36.4 Å². The van der Waals surface area contributed by atoms with Crippen LogP contribution in [0.15, 0.2) is 36.4 Å². The third-order valence-corrected chi connectivity index (χ3v) is 3.48. The number of anilines is 2. The molecule has 94 valence electrons. The average molecular weight is 242 g/mol. The van der Waals surface area contributed by atoms with Crippen LogP contribution in [0.25, 0.3) is 10.8 Å². The number of hydrogen-bond acceptors (Lipinski definition) is 3. The number of β-amino-alcohol motifs (C(OH)–C–C–N with tert-alkyl or cyclic N) is 1. The minimum Gasteiger partial charge on any atom is -0.392 e. The Morgan fingerprint density at radius 3 is 2.72 bits per heavy atom. The van der Waals surface area contributed by atoms with E-state index < -0.39 is 0 Å². The van der Waals surface area contributed by atoms with Crippen molar-refractivity contribution in [2.24, 2.45) is 0 Å². The monoisotopic (exact) mass is 242 g/mol. The Bertz CT molecular complexity index is 574. The van der Waals surface area contributed by atoms with E-state index in [0.717, 1.165) is 0 Å². The van der Waals surface area contributed by atoms with Crippen molar-refractivity contribution in [2.75, 3.05) is 16.8 Å². The summed E-state index contributed by atoms with van der Waals surface area (Å²) in [7, 11) is 0. The van der Waals surface area contributed by atoms with Crippen molar-refractivity contribution < 1.29 is 5.11 Å². The van der Waals surface area contributed by atoms with Gasteiger partial charge in [-0.05, 0) is 31.4 Å². The van der Waals surface area contributed by atoms with E-state index in [1.54, 1.807) is 0 Å². The number of hydrogen-bond donors (Lipinski definition) is 2. The molecule has 0 saturated carbocycles. The summed E-state index contributed by atoms with van der Waals surface area (Å²) in [5.74, 6) is 0. The van der Waals surface area contributed by atoms with Gasteiger partial charge in [-0.2, -0.15) is 0 Å². The molecular formula is C15H18N2O. The molecule has 0 bridgehead atoms. The zero-order chi connectivity index (χ0) is 12.7. The van der Waals surface area contributed by atoms with Gasteiger partial charge in [0.05, 0.1) is 12.3 Å². The lowest BCUT2D eigenvalue weighted by atomic mass is 10.0. The van der Waals surface area contributed by atoms with Gasteiger partial charge >= 0.3 is 0 Å². The maximum Gasteiger partial charge on any atom is 0.0962 e. The molecule has 2 atom stereocenters. The van der Waals surface area contributed by atoms with Gasteiger partial charge in [-0.15, -0.1) is 0 Å². The van der Waals surface area contributed by atoms with Gasteiger partial charge in [-0.1, -0.05) is 24.3 Å². The van der Waals surface area contributed by atoms with Crippen LogP contribution in [0.4, 0.5) is 11.4 Å². The molecule has 1 aliphatic rings. The highest BCUT2D eigenvalue weighted by atomic mass is 16.3. The molecule has 0 aromatic heterocycles. The summed E-state index contributed by atoms with van der Waals surface area (Å²) in [6.45, 7) is 4.59. The van der Waals surface area contributed by atoms with Gasteiger partial charge < -0.3 is 15.3 Å². The third kappa shape index (κ3) is 1.71. The van der Waals surface area contributed by atoms with E-state index in [1.807, 2.05) is 6.92 Å². The molecule has 0 amide bonds. The van der Waals surface area contributed by atoms with Gasteiger partial charge in [0.2, 0.25) is 0 Å². The second kappa shape index (κ2) is 4.18. The van der Waals surface area contributed by atoms with Gasteiger partial charge in [0.1, 0.15) is 0 Å². The Balaban J connectivity index is 2.19. The number of nitrogens with zero attached hydrogens (tertiary/aromatic N) is 1. The van der Waals surface area contributed by atoms with Crippen LogP contribution in [0.5, 0.6) is 0 Å². The van der Waals surface area contributed by atoms with Gasteiger partial charge in [0, 0.05) is 23.3 Å². The zero-order valence-electron chi connectivity index (χ0n) is 10.7. The third-order valence-electron chi connectivity index (χ3n) is 3.48. The normalized spacial score (nSPS) is 19.7. The Kier molecular flexibility index (Phi) is 2.63. The first-order valence-electron chi connectivity index (χ1n) is 6.40. The first-order chi connectivity index (χ1) is 8.66. The molecule has 1 aliphatic heterocycles. The van der Waals surface area contributed by atoms with Crippen LogP contribution in [0.2, 0.25) is 0 Å². The van der Waals surface area contributed by atoms with Crippen molar-refractivity contribution >= 4 is 22.1 Å². The summed E-state index contributed by atoms with van der Waals surface area (Å²) in [5, 5.41) is 15.6. The molecule has 3 heteroatoms. The molecule has 3 nitrogen and oxygen atoms in total. The van der Waals surface area contributed by atoms with Crippen LogP contribution in [0.1, 0.15) is 13.8 Å². The first-order valence-corrected chi connectivity index (χ1v) is 6.40. The fourth-order valence-electron chi connectivity index (χ4n) is 2.73. The Hall–Kier alpha value is -1.74. The van der Waals surface area contributed by atoms with Crippen LogP contribution in [-0.2, 0) is 0 Å². The summed E-state index contributed by atoms with van der Waals surface area (Å²) in [5.41, 5.74) is 2.38. The minimum atomic E-state index is -0.338. The molecular weight excluding hydrogens is 224 g/mol. The standard InChI is InChI=1S/C15H18N2O/c1-10(18)9-17-11(2)16-13-7-3-5-12-6-4-8-14(17)15(12)13/h3-8,10-11,16,18H,9H2,1-2H3. The average Bonchev–Trinajstić information content (AvgIpc) is 2.34. The van der Waals surface area contributed by atoms with Crippen molar-refractivity contribution in [1.29, 1.82) is 0 Å². The molecule has 2 N–H and O–H groups in total. The van der Waals surface area contributed by atoms with Crippen LogP contribution in [0, 0.1) is 0 Å². The van der Waals surface area contributed by atoms with E-state index in [0.29, 0.717) is 6.54 Å². The quantitative estimate of drug-likeness (QED) is 0.850. The van der Waals surface area contributed by atoms with Crippen molar-refractivity contribution in [3.63, 3.8) is 0 Å². The topological polar surface area (TPSA) is 35.5 Å². The summed E-state index contributed by atoms with van der Waals surface area (Å²) in [6, 6.07) is 12.6. The fourth-order valence-corrected chi connectivity index (χ4v) is 2.73. The molecule has 3 rings (SSSR count). The molecule has 1 heterocycles. The van der Waals surface area contributed by atoms with E-state index in [4.69, 9.17) is 0 Å². The number of aliphatic hydroxyl groups excluding tert-OH is 1. The van der Waals surface area contributed by atoms with E-state index in [1.165, 1.54) is 22.1 Å². The van der Waals surface area contributed by atoms with Crippen LogP contribution in [0.3, 0.4) is 0 Å². The molecule has 0 aliphatic carbocycles. The van der Waals surface area contributed by atoms with Crippen molar-refractivity contribution in [3.8, 4) is 0 Å². The van der Waals surface area contributed by atoms with Crippen LogP contribution in [-0.4, -0.2) is 23.9 Å². The molecule has 0 saturated heterocycles. The lowest BCUT2D eigenvalue weighted by Gasteiger charge is -2.38. The van der Waals surface area contributed by atoms with E-state index >= 15 is 0 Å². The number of nitrogens with one attached hydrogen (secondary N) is 1. The zero-order valence-corrected chi connectivity index (χ0v) is 10.7. The summed E-state index contributed by atoms with van der Waals surface area (Å²) < 4.78 is 0. The fraction of sp³-hybridized carbons (Fsp3) is 0.333. The molecule has 2 aromatic rings. The summed E-state index contributed by atoms with van der Waals surface area (Å²) in [4.78, 5) is 2.22. The largest absolute Gasteiger partial charge is 0.392 e. The van der Waals surface area contributed by atoms with Crippen LogP contribution < -0.4 is 10.2 Å². The van der Waals surface area contributed by atoms with Gasteiger partial charge in [-0.25, -0.2) is 0 Å². The maximum absolute atomic E-state index is 9.66. The molecule has 18 heavy (non-hydrogen) atoms. The Labute approximate surface area is 107 Å². The molecule has 2 aromatic carbocycles. The van der Waals surface area contributed by atoms with Crippen molar-refractivity contribution in [2.45, 2.75) is 26.1 Å². The highest BCUT2D eigenvalue weighted by molar-refractivity contribution is 6.05. The summed E-state index contributed by atoms with van der Waals surface area (Å²) in [6.07, 6.45) is -0.144. The lowest BCUT2D eigenvalue weighted by Crippen LogP contribution is -2.44. The first kappa shape index (κ1) is 11.4. The highest BCUT2D eigenvalue weighted by Crippen LogP contribution is 2.38. The number of rotatable bonds is 2. The lowest BCUT2D eigenvalue weighted by molar-refractivity contribution is 0.198. The maximum atomic E-state index is 9.66. The number of aliphatic hydroxyl groups is 1. The Morgan fingerprint density at radius 1 is 1.28 bits per heavy atom. The molecule has 0 radical (unpaired) electrons. The predicted octanol–water partition coefficient (Wildman–Crippen LogP) is 2.80. The van der Waals surface area contributed by atoms with Crippen molar-refractivity contribution in [1.82, 2.24) is 0 Å². The highest BCUT2D eigenvalue weighted by Gasteiger charge is 2.24. The number of benzene rings is 2. The van der Waals surface area contributed by atoms with Crippen LogP contribution >= 0.6 is 0 Å². The molecule has 2 unspecified atom stereocenters. The second-order valence-electron chi connectivity index (χ2n) is 5.00. The van der Waals surface area contributed by atoms with E-state index in [9.17, 15) is 5.11 Å². The summed E-state index contributed by atoms with van der Waals surface area (Å²) >= 11 is 0. The predicted molar refractivity (Wildman–Crippen MR) is 76.1 cm³/mol. The molecule has 0 fully saturated rings. The van der Waals surface area contributed by atoms with E-state index in [2.05, 4.69) is 53.5 Å². The Morgan fingerprint density at radius 2 is 2.00 bits per heavy atom. The van der Waals surface area contributed by atoms with Gasteiger partial charge in [0.25, 0.3) is 0 Å². The minimum absolute atomic E-state index is 0.195. The molecule has 0 spiro atoms. The van der Waals surface area contributed by atoms with Gasteiger partial charge in [-0.3, -0.25) is 0 Å². The second-order valence-corrected chi connectivity index (χ2v) is 5.00. The van der Waals surface area contributed by atoms with E-state index in [-0.39, 0.29) is 12.3 Å².